The maximum atomic E-state index is 12.2. The quantitative estimate of drug-likeness (QED) is 0.611. The van der Waals surface area contributed by atoms with Gasteiger partial charge < -0.3 is 15.0 Å². The molecule has 1 aliphatic rings. The molecule has 0 amide bonds. The fourth-order valence-corrected chi connectivity index (χ4v) is 4.68. The van der Waals surface area contributed by atoms with Crippen molar-refractivity contribution in [3.8, 4) is 0 Å². The van der Waals surface area contributed by atoms with E-state index < -0.39 is 0 Å². The zero-order chi connectivity index (χ0) is 21.5. The number of methoxy groups -OCH3 is 1. The topological polar surface area (TPSA) is 54.5 Å². The molecule has 1 aliphatic carbocycles. The van der Waals surface area contributed by atoms with E-state index in [1.807, 2.05) is 31.5 Å². The van der Waals surface area contributed by atoms with Crippen LogP contribution in [0.2, 0.25) is 5.02 Å². The summed E-state index contributed by atoms with van der Waals surface area (Å²) in [5.41, 5.74) is 3.79. The molecule has 30 heavy (non-hydrogen) atoms. The summed E-state index contributed by atoms with van der Waals surface area (Å²) in [7, 11) is 1.41. The van der Waals surface area contributed by atoms with Gasteiger partial charge in [-0.2, -0.15) is 0 Å². The van der Waals surface area contributed by atoms with E-state index in [2.05, 4.69) is 28.2 Å². The molecule has 1 aromatic heterocycles. The highest BCUT2D eigenvalue weighted by atomic mass is 35.5. The van der Waals surface area contributed by atoms with Crippen LogP contribution in [0.15, 0.2) is 36.7 Å². The molecular weight excluding hydrogens is 398 g/mol. The van der Waals surface area contributed by atoms with E-state index in [1.54, 1.807) is 6.07 Å². The van der Waals surface area contributed by atoms with Gasteiger partial charge in [-0.3, -0.25) is 4.98 Å². The van der Waals surface area contributed by atoms with Crippen molar-refractivity contribution in [3.63, 3.8) is 0 Å². The number of esters is 1. The van der Waals surface area contributed by atoms with Crippen molar-refractivity contribution in [1.82, 2.24) is 10.3 Å². The van der Waals surface area contributed by atoms with Crippen LogP contribution in [-0.2, 0) is 11.2 Å². The Bertz CT molecular complexity index is 836. The molecule has 0 bridgehead atoms. The van der Waals surface area contributed by atoms with Gasteiger partial charge in [0.15, 0.2) is 0 Å². The normalized spacial score (nSPS) is 18.8. The second-order valence-electron chi connectivity index (χ2n) is 7.95. The first-order valence-corrected chi connectivity index (χ1v) is 11.2. The van der Waals surface area contributed by atoms with Gasteiger partial charge >= 0.3 is 5.97 Å². The number of benzene rings is 1. The van der Waals surface area contributed by atoms with Crippen LogP contribution in [0.4, 0.5) is 5.69 Å². The molecule has 0 aliphatic heterocycles. The third kappa shape index (κ3) is 5.52. The van der Waals surface area contributed by atoms with Gasteiger partial charge in [0, 0.05) is 41.7 Å². The first-order valence-electron chi connectivity index (χ1n) is 10.8. The lowest BCUT2D eigenvalue weighted by Crippen LogP contribution is -2.43. The summed E-state index contributed by atoms with van der Waals surface area (Å²) < 4.78 is 4.94. The first kappa shape index (κ1) is 22.6. The lowest BCUT2D eigenvalue weighted by molar-refractivity contribution is 0.0600. The van der Waals surface area contributed by atoms with E-state index in [1.165, 1.54) is 12.7 Å². The number of ether oxygens (including phenoxy) is 1. The largest absolute Gasteiger partial charge is 0.465 e. The summed E-state index contributed by atoms with van der Waals surface area (Å²) in [5, 5.41) is 4.28. The molecule has 5 nitrogen and oxygen atoms in total. The van der Waals surface area contributed by atoms with Crippen molar-refractivity contribution >= 4 is 23.3 Å². The predicted octanol–water partition coefficient (Wildman–Crippen LogP) is 4.80. The first-order chi connectivity index (χ1) is 14.5. The second-order valence-corrected chi connectivity index (χ2v) is 8.38. The van der Waals surface area contributed by atoms with E-state index >= 15 is 0 Å². The highest BCUT2D eigenvalue weighted by Crippen LogP contribution is 2.33. The Balaban J connectivity index is 1.60. The number of anilines is 1. The molecule has 1 N–H and O–H groups in total. The Kier molecular flexibility index (Phi) is 8.11. The summed E-state index contributed by atoms with van der Waals surface area (Å²) in [4.78, 5) is 18.7. The number of carbonyl (C=O) groups excluding carboxylic acids is 1. The lowest BCUT2D eigenvalue weighted by Gasteiger charge is -2.39. The SMILES string of the molecule is CCN(c1cc(Cl)cc(C(=O)OC)c1C)[C@H]1CC[C@H](NCCc2cccnc2)CC1. The van der Waals surface area contributed by atoms with Crippen molar-refractivity contribution < 1.29 is 9.53 Å². The van der Waals surface area contributed by atoms with Gasteiger partial charge in [0.1, 0.15) is 0 Å². The number of halogens is 1. The summed E-state index contributed by atoms with van der Waals surface area (Å²) >= 11 is 6.35. The lowest BCUT2D eigenvalue weighted by atomic mass is 9.89. The fourth-order valence-electron chi connectivity index (χ4n) is 4.47. The molecule has 6 heteroatoms. The van der Waals surface area contributed by atoms with Crippen LogP contribution in [-0.4, -0.2) is 43.2 Å². The summed E-state index contributed by atoms with van der Waals surface area (Å²) in [6, 6.07) is 8.80. The molecule has 1 fully saturated rings. The zero-order valence-electron chi connectivity index (χ0n) is 18.2. The van der Waals surface area contributed by atoms with Gasteiger partial charge in [0.05, 0.1) is 12.7 Å². The number of hydrogen-bond acceptors (Lipinski definition) is 5. The van der Waals surface area contributed by atoms with E-state index in [4.69, 9.17) is 16.3 Å². The Hall–Kier alpha value is -2.11. The zero-order valence-corrected chi connectivity index (χ0v) is 18.9. The molecular formula is C24H32ClN3O2. The second kappa shape index (κ2) is 10.8. The Labute approximate surface area is 184 Å². The van der Waals surface area contributed by atoms with Gasteiger partial charge in [-0.05, 0) is 81.8 Å². The Morgan fingerprint density at radius 2 is 2.07 bits per heavy atom. The molecule has 0 saturated heterocycles. The number of nitrogens with zero attached hydrogens (tertiary/aromatic N) is 2. The smallest absolute Gasteiger partial charge is 0.338 e. The van der Waals surface area contributed by atoms with E-state index in [0.717, 1.165) is 56.4 Å². The highest BCUT2D eigenvalue weighted by molar-refractivity contribution is 6.31. The number of aromatic nitrogens is 1. The number of nitrogens with one attached hydrogen (secondary N) is 1. The predicted molar refractivity (Wildman–Crippen MR) is 123 cm³/mol. The molecule has 0 radical (unpaired) electrons. The van der Waals surface area contributed by atoms with Crippen LogP contribution < -0.4 is 10.2 Å². The molecule has 0 spiro atoms. The Morgan fingerprint density at radius 1 is 1.30 bits per heavy atom. The molecule has 162 valence electrons. The van der Waals surface area contributed by atoms with Crippen LogP contribution in [0.1, 0.15) is 54.1 Å². The standard InChI is InChI=1S/C24H32ClN3O2/c1-4-28(23-15-19(25)14-22(17(23)2)24(29)30-3)21-9-7-20(8-10-21)27-13-11-18-6-5-12-26-16-18/h5-6,12,14-16,20-21,27H,4,7-11,13H2,1-3H3/t20-,21-. The third-order valence-corrected chi connectivity index (χ3v) is 6.33. The Morgan fingerprint density at radius 3 is 2.70 bits per heavy atom. The maximum absolute atomic E-state index is 12.2. The minimum absolute atomic E-state index is 0.339. The average molecular weight is 430 g/mol. The maximum Gasteiger partial charge on any atom is 0.338 e. The van der Waals surface area contributed by atoms with E-state index in [0.29, 0.717) is 22.7 Å². The molecule has 1 aromatic carbocycles. The summed E-state index contributed by atoms with van der Waals surface area (Å²) in [6.07, 6.45) is 9.30. The van der Waals surface area contributed by atoms with Crippen molar-refractivity contribution in [2.45, 2.75) is 58.0 Å². The number of rotatable bonds is 8. The molecule has 1 saturated carbocycles. The minimum atomic E-state index is -0.339. The summed E-state index contributed by atoms with van der Waals surface area (Å²) in [6.45, 7) is 6.00. The number of carbonyl (C=O) groups is 1. The minimum Gasteiger partial charge on any atom is -0.465 e. The van der Waals surface area contributed by atoms with Crippen LogP contribution in [0.5, 0.6) is 0 Å². The van der Waals surface area contributed by atoms with Gasteiger partial charge in [-0.1, -0.05) is 17.7 Å². The number of hydrogen-bond donors (Lipinski definition) is 1. The van der Waals surface area contributed by atoms with Gasteiger partial charge in [-0.15, -0.1) is 0 Å². The van der Waals surface area contributed by atoms with Crippen LogP contribution in [0.3, 0.4) is 0 Å². The summed E-state index contributed by atoms with van der Waals surface area (Å²) in [5.74, 6) is -0.339. The fraction of sp³-hybridized carbons (Fsp3) is 0.500. The molecule has 0 atom stereocenters. The number of pyridine rings is 1. The van der Waals surface area contributed by atoms with E-state index in [-0.39, 0.29) is 5.97 Å². The molecule has 2 aromatic rings. The monoisotopic (exact) mass is 429 g/mol. The van der Waals surface area contributed by atoms with Crippen LogP contribution in [0, 0.1) is 6.92 Å². The molecule has 0 unspecified atom stereocenters. The molecule has 3 rings (SSSR count). The highest BCUT2D eigenvalue weighted by Gasteiger charge is 2.27. The van der Waals surface area contributed by atoms with Gasteiger partial charge in [-0.25, -0.2) is 4.79 Å². The molecule has 1 heterocycles. The van der Waals surface area contributed by atoms with Crippen molar-refractivity contribution in [2.75, 3.05) is 25.1 Å². The van der Waals surface area contributed by atoms with Crippen molar-refractivity contribution in [3.05, 3.63) is 58.4 Å². The van der Waals surface area contributed by atoms with Gasteiger partial charge in [0.25, 0.3) is 0 Å². The third-order valence-electron chi connectivity index (χ3n) is 6.11. The van der Waals surface area contributed by atoms with Crippen LogP contribution in [0.25, 0.3) is 0 Å². The van der Waals surface area contributed by atoms with Crippen LogP contribution >= 0.6 is 11.6 Å². The van der Waals surface area contributed by atoms with Crippen molar-refractivity contribution in [1.29, 1.82) is 0 Å². The average Bonchev–Trinajstić information content (AvgIpc) is 2.77. The van der Waals surface area contributed by atoms with E-state index in [9.17, 15) is 4.79 Å². The van der Waals surface area contributed by atoms with Crippen molar-refractivity contribution in [2.24, 2.45) is 0 Å². The van der Waals surface area contributed by atoms with Gasteiger partial charge in [0.2, 0.25) is 0 Å².